The molecule has 0 radical (unpaired) electrons. The largest absolute Gasteiger partial charge is 0.313 e. The zero-order valence-electron chi connectivity index (χ0n) is 23.6. The van der Waals surface area contributed by atoms with Gasteiger partial charge in [-0.05, 0) is 30.9 Å². The Balaban J connectivity index is 2.10. The monoisotopic (exact) mass is 485 g/mol. The van der Waals surface area contributed by atoms with Crippen molar-refractivity contribution in [3.8, 4) is 0 Å². The molecule has 0 spiro atoms. The molecule has 0 aliphatic rings. The van der Waals surface area contributed by atoms with Gasteiger partial charge in [0.25, 0.3) is 0 Å². The number of hydrogen-bond acceptors (Lipinski definition) is 2. The summed E-state index contributed by atoms with van der Waals surface area (Å²) in [4.78, 5) is 12.7. The molecule has 1 rings (SSSR count). The number of unbranched alkanes of at least 4 members (excludes halogenated alkanes) is 14. The maximum atomic E-state index is 12.7. The molecule has 0 unspecified atom stereocenters. The number of carbonyl (C=O) groups excluding carboxylic acids is 1. The van der Waals surface area contributed by atoms with Gasteiger partial charge in [0.05, 0.1) is 0 Å². The van der Waals surface area contributed by atoms with E-state index >= 15 is 0 Å². The summed E-state index contributed by atoms with van der Waals surface area (Å²) in [6.07, 6.45) is 26.6. The number of nitrogens with one attached hydrogen (secondary N) is 1. The average molecular weight is 486 g/mol. The van der Waals surface area contributed by atoms with Crippen LogP contribution in [0.15, 0.2) is 30.3 Å². The molecule has 0 atom stereocenters. The summed E-state index contributed by atoms with van der Waals surface area (Å²) in [5, 5.41) is 3.54. The van der Waals surface area contributed by atoms with Crippen molar-refractivity contribution in [1.29, 1.82) is 0 Å². The quantitative estimate of drug-likeness (QED) is 0.132. The Morgan fingerprint density at radius 1 is 0.657 bits per heavy atom. The maximum absolute atomic E-state index is 12.7. The van der Waals surface area contributed by atoms with E-state index in [1.807, 2.05) is 0 Å². The first kappa shape index (κ1) is 31.9. The van der Waals surface area contributed by atoms with Gasteiger partial charge < -0.3 is 5.32 Å². The molecule has 0 heterocycles. The lowest BCUT2D eigenvalue weighted by Gasteiger charge is -2.16. The molecule has 0 saturated carbocycles. The van der Waals surface area contributed by atoms with Crippen LogP contribution >= 0.6 is 0 Å². The Kier molecular flexibility index (Phi) is 22.4. The van der Waals surface area contributed by atoms with Crippen molar-refractivity contribution in [2.75, 3.05) is 6.54 Å². The van der Waals surface area contributed by atoms with Gasteiger partial charge in [-0.3, -0.25) is 4.79 Å². The first-order chi connectivity index (χ1) is 17.3. The zero-order valence-corrected chi connectivity index (χ0v) is 23.6. The van der Waals surface area contributed by atoms with Gasteiger partial charge in [0.15, 0.2) is 0 Å². The summed E-state index contributed by atoms with van der Waals surface area (Å²) in [5.74, 6) is 1.19. The second kappa shape index (κ2) is 24.5. The summed E-state index contributed by atoms with van der Waals surface area (Å²) in [5.41, 5.74) is 1.36. The molecule has 0 aliphatic heterocycles. The van der Waals surface area contributed by atoms with Gasteiger partial charge in [-0.25, -0.2) is 0 Å². The van der Waals surface area contributed by atoms with Crippen molar-refractivity contribution in [1.82, 2.24) is 5.32 Å². The molecule has 35 heavy (non-hydrogen) atoms. The molecule has 0 aliphatic carbocycles. The van der Waals surface area contributed by atoms with E-state index in [2.05, 4.69) is 49.5 Å². The second-order valence-electron chi connectivity index (χ2n) is 10.9. The van der Waals surface area contributed by atoms with Gasteiger partial charge in [-0.2, -0.15) is 0 Å². The van der Waals surface area contributed by atoms with Crippen LogP contribution in [0.5, 0.6) is 0 Å². The van der Waals surface area contributed by atoms with Crippen LogP contribution in [0.2, 0.25) is 0 Å². The number of rotatable bonds is 26. The molecule has 0 bridgehead atoms. The average Bonchev–Trinajstić information content (AvgIpc) is 2.87. The Morgan fingerprint density at radius 3 is 1.77 bits per heavy atom. The van der Waals surface area contributed by atoms with Crippen molar-refractivity contribution in [2.24, 2.45) is 5.92 Å². The van der Waals surface area contributed by atoms with Gasteiger partial charge in [-0.1, -0.05) is 153 Å². The number of carbonyl (C=O) groups is 1. The zero-order chi connectivity index (χ0) is 25.2. The Morgan fingerprint density at radius 2 is 1.17 bits per heavy atom. The molecule has 0 saturated heterocycles. The second-order valence-corrected chi connectivity index (χ2v) is 10.9. The minimum Gasteiger partial charge on any atom is -0.313 e. The normalized spacial score (nSPS) is 11.4. The van der Waals surface area contributed by atoms with Gasteiger partial charge in [0, 0.05) is 19.4 Å². The molecule has 202 valence electrons. The Labute approximate surface area is 219 Å². The van der Waals surface area contributed by atoms with Crippen LogP contribution in [0.25, 0.3) is 0 Å². The number of benzene rings is 1. The van der Waals surface area contributed by atoms with Gasteiger partial charge in [0.1, 0.15) is 5.78 Å². The van der Waals surface area contributed by atoms with Crippen molar-refractivity contribution >= 4 is 5.78 Å². The fourth-order valence-corrected chi connectivity index (χ4v) is 5.13. The topological polar surface area (TPSA) is 29.1 Å². The summed E-state index contributed by atoms with van der Waals surface area (Å²) in [6, 6.07) is 10.6. The summed E-state index contributed by atoms with van der Waals surface area (Å²) < 4.78 is 0. The number of hydrogen-bond donors (Lipinski definition) is 1. The lowest BCUT2D eigenvalue weighted by molar-refractivity contribution is -0.120. The molecule has 0 aromatic heterocycles. The van der Waals surface area contributed by atoms with E-state index in [1.165, 1.54) is 121 Å². The standard InChI is InChI=1S/C33H59NO/c1-3-5-7-9-12-17-23-31(24-18-13-10-8-6-4-2)29-33(35)27-21-14-11-15-22-28-34-30-32-25-19-16-20-26-32/h16,19-20,25-26,31,34H,3-15,17-18,21-24,27-30H2,1-2H3. The molecule has 1 N–H and O–H groups in total. The van der Waals surface area contributed by atoms with E-state index in [-0.39, 0.29) is 0 Å². The van der Waals surface area contributed by atoms with E-state index in [4.69, 9.17) is 0 Å². The van der Waals surface area contributed by atoms with E-state index in [0.29, 0.717) is 11.7 Å². The molecule has 0 amide bonds. The predicted molar refractivity (Wildman–Crippen MR) is 155 cm³/mol. The summed E-state index contributed by atoms with van der Waals surface area (Å²) >= 11 is 0. The van der Waals surface area contributed by atoms with E-state index in [0.717, 1.165) is 32.4 Å². The van der Waals surface area contributed by atoms with Crippen LogP contribution in [-0.2, 0) is 11.3 Å². The van der Waals surface area contributed by atoms with Crippen molar-refractivity contribution < 1.29 is 4.79 Å². The third-order valence-electron chi connectivity index (χ3n) is 7.43. The van der Waals surface area contributed by atoms with Crippen LogP contribution in [0.3, 0.4) is 0 Å². The smallest absolute Gasteiger partial charge is 0.133 e. The Bertz CT molecular complexity index is 554. The minimum atomic E-state index is 0.538. The third kappa shape index (κ3) is 20.7. The highest BCUT2D eigenvalue weighted by atomic mass is 16.1. The van der Waals surface area contributed by atoms with Crippen molar-refractivity contribution in [2.45, 2.75) is 155 Å². The predicted octanol–water partition coefficient (Wildman–Crippen LogP) is 10.2. The lowest BCUT2D eigenvalue weighted by Crippen LogP contribution is -2.14. The molecular weight excluding hydrogens is 426 g/mol. The molecule has 1 aromatic rings. The molecule has 0 fully saturated rings. The maximum Gasteiger partial charge on any atom is 0.133 e. The summed E-state index contributed by atoms with van der Waals surface area (Å²) in [7, 11) is 0. The minimum absolute atomic E-state index is 0.538. The Hall–Kier alpha value is -1.15. The molecular formula is C33H59NO. The number of Topliss-reactive ketones (excluding diaryl/α,β-unsaturated/α-hetero) is 1. The third-order valence-corrected chi connectivity index (χ3v) is 7.43. The van der Waals surface area contributed by atoms with Gasteiger partial charge in [-0.15, -0.1) is 0 Å². The number of ketones is 1. The highest BCUT2D eigenvalue weighted by Gasteiger charge is 2.13. The molecule has 2 heteroatoms. The van der Waals surface area contributed by atoms with E-state index in [1.54, 1.807) is 0 Å². The summed E-state index contributed by atoms with van der Waals surface area (Å²) in [6.45, 7) is 6.62. The lowest BCUT2D eigenvalue weighted by atomic mass is 9.89. The van der Waals surface area contributed by atoms with Crippen LogP contribution in [0.4, 0.5) is 0 Å². The SMILES string of the molecule is CCCCCCCCC(CCCCCCCC)CC(=O)CCCCCCCNCc1ccccc1. The van der Waals surface area contributed by atoms with Gasteiger partial charge >= 0.3 is 0 Å². The fourth-order valence-electron chi connectivity index (χ4n) is 5.13. The van der Waals surface area contributed by atoms with E-state index < -0.39 is 0 Å². The van der Waals surface area contributed by atoms with Crippen molar-refractivity contribution in [3.05, 3.63) is 35.9 Å². The first-order valence-corrected chi connectivity index (χ1v) is 15.5. The molecule has 1 aromatic carbocycles. The fraction of sp³-hybridized carbons (Fsp3) is 0.788. The van der Waals surface area contributed by atoms with Crippen LogP contribution in [-0.4, -0.2) is 12.3 Å². The first-order valence-electron chi connectivity index (χ1n) is 15.5. The van der Waals surface area contributed by atoms with E-state index in [9.17, 15) is 4.79 Å². The van der Waals surface area contributed by atoms with Crippen LogP contribution < -0.4 is 5.32 Å². The van der Waals surface area contributed by atoms with Crippen LogP contribution in [0.1, 0.15) is 154 Å². The highest BCUT2D eigenvalue weighted by Crippen LogP contribution is 2.23. The molecule has 2 nitrogen and oxygen atoms in total. The van der Waals surface area contributed by atoms with Crippen molar-refractivity contribution in [3.63, 3.8) is 0 Å². The highest BCUT2D eigenvalue weighted by molar-refractivity contribution is 5.78. The van der Waals surface area contributed by atoms with Gasteiger partial charge in [0.2, 0.25) is 0 Å². The van der Waals surface area contributed by atoms with Crippen LogP contribution in [0, 0.1) is 5.92 Å².